The van der Waals surface area contributed by atoms with Gasteiger partial charge in [-0.15, -0.1) is 0 Å². The fourth-order valence-corrected chi connectivity index (χ4v) is 1.97. The summed E-state index contributed by atoms with van der Waals surface area (Å²) in [6.45, 7) is 0. The number of likely N-dealkylation sites (N-methyl/N-ethyl adjacent to an activating group) is 1. The van der Waals surface area contributed by atoms with Crippen molar-refractivity contribution >= 4 is 0 Å². The van der Waals surface area contributed by atoms with Crippen LogP contribution in [0.25, 0.3) is 0 Å². The smallest absolute Gasteiger partial charge is 0.0485 e. The average molecular weight is 214 g/mol. The van der Waals surface area contributed by atoms with Gasteiger partial charge in [-0.05, 0) is 24.3 Å². The lowest BCUT2D eigenvalue weighted by molar-refractivity contribution is 0.342. The van der Waals surface area contributed by atoms with Crippen molar-refractivity contribution in [2.45, 2.75) is 18.5 Å². The zero-order valence-electron chi connectivity index (χ0n) is 9.58. The molecule has 0 amide bonds. The minimum absolute atomic E-state index is 0.102. The molecule has 16 heavy (non-hydrogen) atoms. The lowest BCUT2D eigenvalue weighted by atomic mass is 9.98. The van der Waals surface area contributed by atoms with Crippen LogP contribution in [0.1, 0.15) is 18.0 Å². The summed E-state index contributed by atoms with van der Waals surface area (Å²) < 4.78 is 0. The number of nitrogens with zero attached hydrogens (tertiary/aromatic N) is 1. The minimum Gasteiger partial charge on any atom is -0.374 e. The first-order valence-electron chi connectivity index (χ1n) is 5.65. The molecule has 1 heterocycles. The van der Waals surface area contributed by atoms with Crippen LogP contribution in [0.15, 0.2) is 54.8 Å². The Labute approximate surface area is 97.1 Å². The maximum Gasteiger partial charge on any atom is 0.0485 e. The maximum atomic E-state index is 6.20. The summed E-state index contributed by atoms with van der Waals surface area (Å²) >= 11 is 0. The second kappa shape index (κ2) is 4.99. The maximum absolute atomic E-state index is 6.20. The first-order valence-corrected chi connectivity index (χ1v) is 5.65. The van der Waals surface area contributed by atoms with E-state index in [1.807, 2.05) is 24.3 Å². The van der Waals surface area contributed by atoms with Crippen molar-refractivity contribution in [1.29, 1.82) is 0 Å². The van der Waals surface area contributed by atoms with Crippen LogP contribution < -0.4 is 5.73 Å². The zero-order valence-corrected chi connectivity index (χ0v) is 9.58. The molecule has 84 valence electrons. The summed E-state index contributed by atoms with van der Waals surface area (Å²) in [6.07, 6.45) is 9.36. The third kappa shape index (κ3) is 2.52. The standard InChI is InChI=1S/C14H18N2/c1-16-10-6-5-9-13(16)11-14(15)12-7-3-2-4-8-12/h2-10,13-14H,11,15H2,1H3. The van der Waals surface area contributed by atoms with Gasteiger partial charge in [-0.3, -0.25) is 0 Å². The number of allylic oxidation sites excluding steroid dienone is 2. The Balaban J connectivity index is 2.00. The topological polar surface area (TPSA) is 29.3 Å². The van der Waals surface area contributed by atoms with Gasteiger partial charge in [-0.25, -0.2) is 0 Å². The van der Waals surface area contributed by atoms with Gasteiger partial charge >= 0.3 is 0 Å². The predicted octanol–water partition coefficient (Wildman–Crippen LogP) is 2.46. The summed E-state index contributed by atoms with van der Waals surface area (Å²) in [5.41, 5.74) is 7.41. The molecule has 0 saturated heterocycles. The van der Waals surface area contributed by atoms with Crippen LogP contribution >= 0.6 is 0 Å². The third-order valence-corrected chi connectivity index (χ3v) is 3.01. The quantitative estimate of drug-likeness (QED) is 0.837. The Hall–Kier alpha value is -1.54. The Bertz CT molecular complexity index is 381. The van der Waals surface area contributed by atoms with E-state index in [-0.39, 0.29) is 6.04 Å². The van der Waals surface area contributed by atoms with Gasteiger partial charge in [-0.1, -0.05) is 42.5 Å². The molecule has 0 aromatic heterocycles. The predicted molar refractivity (Wildman–Crippen MR) is 67.8 cm³/mol. The number of hydrogen-bond acceptors (Lipinski definition) is 2. The second-order valence-electron chi connectivity index (χ2n) is 4.21. The van der Waals surface area contributed by atoms with E-state index in [1.165, 1.54) is 5.56 Å². The zero-order chi connectivity index (χ0) is 11.4. The number of nitrogens with two attached hydrogens (primary N) is 1. The van der Waals surface area contributed by atoms with Crippen LogP contribution in [0.3, 0.4) is 0 Å². The highest BCUT2D eigenvalue weighted by Gasteiger charge is 2.15. The second-order valence-corrected chi connectivity index (χ2v) is 4.21. The van der Waals surface area contributed by atoms with Crippen molar-refractivity contribution in [2.24, 2.45) is 5.73 Å². The van der Waals surface area contributed by atoms with Crippen LogP contribution in [-0.4, -0.2) is 18.0 Å². The molecule has 1 aliphatic heterocycles. The van der Waals surface area contributed by atoms with Crippen molar-refractivity contribution in [3.63, 3.8) is 0 Å². The van der Waals surface area contributed by atoms with E-state index in [0.29, 0.717) is 6.04 Å². The number of rotatable bonds is 3. The van der Waals surface area contributed by atoms with Crippen LogP contribution in [-0.2, 0) is 0 Å². The Kier molecular flexibility index (Phi) is 3.42. The summed E-state index contributed by atoms with van der Waals surface area (Å²) in [7, 11) is 2.09. The first kappa shape index (κ1) is 11.0. The molecule has 1 aromatic rings. The van der Waals surface area contributed by atoms with E-state index in [0.717, 1.165) is 6.42 Å². The Morgan fingerprint density at radius 1 is 1.25 bits per heavy atom. The first-order chi connectivity index (χ1) is 7.77. The normalized spacial score (nSPS) is 21.1. The molecule has 0 bridgehead atoms. The van der Waals surface area contributed by atoms with Gasteiger partial charge in [-0.2, -0.15) is 0 Å². The van der Waals surface area contributed by atoms with Crippen LogP contribution in [0.4, 0.5) is 0 Å². The molecule has 2 heteroatoms. The summed E-state index contributed by atoms with van der Waals surface area (Å²) in [6, 6.07) is 10.8. The van der Waals surface area contributed by atoms with Crippen molar-refractivity contribution in [3.05, 3.63) is 60.3 Å². The fraction of sp³-hybridized carbons (Fsp3) is 0.286. The Morgan fingerprint density at radius 3 is 2.69 bits per heavy atom. The molecule has 1 aromatic carbocycles. The molecular weight excluding hydrogens is 196 g/mol. The molecule has 2 nitrogen and oxygen atoms in total. The Morgan fingerprint density at radius 2 is 2.00 bits per heavy atom. The van der Waals surface area contributed by atoms with Gasteiger partial charge in [0.2, 0.25) is 0 Å². The summed E-state index contributed by atoms with van der Waals surface area (Å²) in [5.74, 6) is 0. The number of hydrogen-bond donors (Lipinski definition) is 1. The van der Waals surface area contributed by atoms with E-state index < -0.39 is 0 Å². The molecule has 0 saturated carbocycles. The van der Waals surface area contributed by atoms with Gasteiger partial charge in [0.15, 0.2) is 0 Å². The molecule has 0 spiro atoms. The molecule has 0 radical (unpaired) electrons. The third-order valence-electron chi connectivity index (χ3n) is 3.01. The SMILES string of the molecule is CN1C=CC=CC1CC(N)c1ccccc1. The van der Waals surface area contributed by atoms with Gasteiger partial charge in [0.05, 0.1) is 0 Å². The van der Waals surface area contributed by atoms with Crippen LogP contribution in [0.2, 0.25) is 0 Å². The molecule has 2 rings (SSSR count). The highest BCUT2D eigenvalue weighted by Crippen LogP contribution is 2.20. The molecule has 2 atom stereocenters. The summed E-state index contributed by atoms with van der Waals surface area (Å²) in [4.78, 5) is 2.20. The molecule has 2 unspecified atom stereocenters. The number of benzene rings is 1. The van der Waals surface area contributed by atoms with Crippen molar-refractivity contribution in [2.75, 3.05) is 7.05 Å². The summed E-state index contributed by atoms with van der Waals surface area (Å²) in [5, 5.41) is 0. The molecule has 0 fully saturated rings. The van der Waals surface area contributed by atoms with Crippen molar-refractivity contribution < 1.29 is 0 Å². The molecular formula is C14H18N2. The van der Waals surface area contributed by atoms with E-state index >= 15 is 0 Å². The van der Waals surface area contributed by atoms with E-state index in [1.54, 1.807) is 0 Å². The molecule has 0 aliphatic carbocycles. The highest BCUT2D eigenvalue weighted by atomic mass is 15.1. The van der Waals surface area contributed by atoms with Crippen LogP contribution in [0, 0.1) is 0 Å². The van der Waals surface area contributed by atoms with Gasteiger partial charge in [0.1, 0.15) is 0 Å². The van der Waals surface area contributed by atoms with Crippen molar-refractivity contribution in [3.8, 4) is 0 Å². The van der Waals surface area contributed by atoms with Crippen molar-refractivity contribution in [1.82, 2.24) is 4.90 Å². The van der Waals surface area contributed by atoms with Crippen LogP contribution in [0.5, 0.6) is 0 Å². The average Bonchev–Trinajstić information content (AvgIpc) is 2.33. The minimum atomic E-state index is 0.102. The van der Waals surface area contributed by atoms with Gasteiger partial charge in [0.25, 0.3) is 0 Å². The van der Waals surface area contributed by atoms with Gasteiger partial charge < -0.3 is 10.6 Å². The van der Waals surface area contributed by atoms with Gasteiger partial charge in [0, 0.05) is 19.1 Å². The van der Waals surface area contributed by atoms with E-state index in [4.69, 9.17) is 5.73 Å². The lowest BCUT2D eigenvalue weighted by Crippen LogP contribution is -2.30. The largest absolute Gasteiger partial charge is 0.374 e. The molecule has 2 N–H and O–H groups in total. The fourth-order valence-electron chi connectivity index (χ4n) is 1.97. The molecule has 1 aliphatic rings. The monoisotopic (exact) mass is 214 g/mol. The van der Waals surface area contributed by atoms with E-state index in [9.17, 15) is 0 Å². The highest BCUT2D eigenvalue weighted by molar-refractivity contribution is 5.20. The lowest BCUT2D eigenvalue weighted by Gasteiger charge is -2.28. The van der Waals surface area contributed by atoms with E-state index in [2.05, 4.69) is 42.4 Å².